The summed E-state index contributed by atoms with van der Waals surface area (Å²) < 4.78 is 19.0. The van der Waals surface area contributed by atoms with Gasteiger partial charge >= 0.3 is 0 Å². The summed E-state index contributed by atoms with van der Waals surface area (Å²) in [5.74, 6) is 1.12. The Morgan fingerprint density at radius 1 is 1.55 bits per heavy atom. The first-order chi connectivity index (χ1) is 5.18. The molecule has 0 aromatic rings. The van der Waals surface area contributed by atoms with Crippen molar-refractivity contribution >= 4 is 11.1 Å². The second-order valence-corrected chi connectivity index (χ2v) is 4.15. The summed E-state index contributed by atoms with van der Waals surface area (Å²) in [6.07, 6.45) is 2.33. The first kappa shape index (κ1) is 9.16. The molecule has 1 atom stereocenters. The van der Waals surface area contributed by atoms with Gasteiger partial charge in [0.05, 0.1) is 0 Å². The van der Waals surface area contributed by atoms with Crippen LogP contribution in [0.5, 0.6) is 0 Å². The van der Waals surface area contributed by atoms with Crippen molar-refractivity contribution in [2.45, 2.75) is 19.8 Å². The first-order valence-electron chi connectivity index (χ1n) is 3.98. The van der Waals surface area contributed by atoms with Gasteiger partial charge in [0, 0.05) is 0 Å². The van der Waals surface area contributed by atoms with E-state index < -0.39 is 11.1 Å². The number of nitrogens with zero attached hydrogens (tertiary/aromatic N) is 1. The third kappa shape index (κ3) is 3.31. The molecule has 4 heteroatoms. The molecule has 0 aliphatic carbocycles. The molecule has 1 heterocycles. The van der Waals surface area contributed by atoms with Gasteiger partial charge in [0.1, 0.15) is 5.88 Å². The van der Waals surface area contributed by atoms with Gasteiger partial charge in [-0.15, -0.1) is 0 Å². The average Bonchev–Trinajstić information content (AvgIpc) is 1.93. The molecule has 11 heavy (non-hydrogen) atoms. The lowest BCUT2D eigenvalue weighted by Crippen LogP contribution is -2.35. The highest BCUT2D eigenvalue weighted by Gasteiger charge is 2.16. The fraction of sp³-hybridized carbons (Fsp3) is 1.00. The number of hydrogen-bond acceptors (Lipinski definition) is 2. The zero-order chi connectivity index (χ0) is 8.27. The Kier molecular flexibility index (Phi) is 3.48. The number of hydrogen-bond donors (Lipinski definition) is 1. The monoisotopic (exact) mass is 177 g/mol. The second kappa shape index (κ2) is 4.18. The lowest BCUT2D eigenvalue weighted by atomic mass is 10.00. The third-order valence-corrected chi connectivity index (χ3v) is 2.76. The molecule has 0 bridgehead atoms. The summed E-state index contributed by atoms with van der Waals surface area (Å²) in [5, 5.41) is 0. The third-order valence-electron chi connectivity index (χ3n) is 2.17. The summed E-state index contributed by atoms with van der Waals surface area (Å²) >= 11 is -1.65. The standard InChI is InChI=1S/C7H15NO2S/c1-7-2-4-8(5-3-7)6-11(9)10/h7H,2-6H2,1H3,(H,9,10). The molecule has 3 nitrogen and oxygen atoms in total. The van der Waals surface area contributed by atoms with Gasteiger partial charge in [0.15, 0.2) is 11.1 Å². The van der Waals surface area contributed by atoms with Crippen molar-refractivity contribution in [3.63, 3.8) is 0 Å². The second-order valence-electron chi connectivity index (χ2n) is 3.25. The van der Waals surface area contributed by atoms with E-state index in [1.54, 1.807) is 0 Å². The van der Waals surface area contributed by atoms with Crippen LogP contribution in [0.15, 0.2) is 0 Å². The smallest absolute Gasteiger partial charge is 0.167 e. The van der Waals surface area contributed by atoms with Crippen LogP contribution in [0.1, 0.15) is 19.8 Å². The van der Waals surface area contributed by atoms with Gasteiger partial charge in [-0.3, -0.25) is 4.90 Å². The maximum absolute atomic E-state index is 10.4. The van der Waals surface area contributed by atoms with Crippen LogP contribution in [0.4, 0.5) is 0 Å². The summed E-state index contributed by atoms with van der Waals surface area (Å²) in [7, 11) is 0. The van der Waals surface area contributed by atoms with Crippen molar-refractivity contribution in [1.29, 1.82) is 0 Å². The summed E-state index contributed by atoms with van der Waals surface area (Å²) in [4.78, 5) is 2.05. The van der Waals surface area contributed by atoms with E-state index in [1.165, 1.54) is 0 Å². The molecule has 0 spiro atoms. The average molecular weight is 177 g/mol. The van der Waals surface area contributed by atoms with Crippen LogP contribution >= 0.6 is 0 Å². The fourth-order valence-electron chi connectivity index (χ4n) is 1.35. The van der Waals surface area contributed by atoms with E-state index in [0.29, 0.717) is 5.88 Å². The van der Waals surface area contributed by atoms with Crippen LogP contribution in [0.2, 0.25) is 0 Å². The van der Waals surface area contributed by atoms with Crippen LogP contribution in [0, 0.1) is 5.92 Å². The molecule has 1 aliphatic heterocycles. The topological polar surface area (TPSA) is 40.5 Å². The van der Waals surface area contributed by atoms with Crippen molar-refractivity contribution in [3.8, 4) is 0 Å². The van der Waals surface area contributed by atoms with Crippen LogP contribution in [0.25, 0.3) is 0 Å². The molecule has 66 valence electrons. The van der Waals surface area contributed by atoms with Crippen molar-refractivity contribution in [1.82, 2.24) is 4.90 Å². The molecule has 1 unspecified atom stereocenters. The molecular formula is C7H15NO2S. The molecule has 1 fully saturated rings. The predicted octanol–water partition coefficient (Wildman–Crippen LogP) is 0.897. The molecule has 0 radical (unpaired) electrons. The highest BCUT2D eigenvalue weighted by atomic mass is 32.2. The molecule has 0 aromatic heterocycles. The first-order valence-corrected chi connectivity index (χ1v) is 5.26. The van der Waals surface area contributed by atoms with E-state index in [1.807, 2.05) is 0 Å². The largest absolute Gasteiger partial charge is 0.305 e. The predicted molar refractivity (Wildman–Crippen MR) is 45.6 cm³/mol. The van der Waals surface area contributed by atoms with Gasteiger partial charge in [0.2, 0.25) is 0 Å². The van der Waals surface area contributed by atoms with Crippen molar-refractivity contribution < 1.29 is 8.76 Å². The van der Waals surface area contributed by atoms with Gasteiger partial charge < -0.3 is 4.55 Å². The lowest BCUT2D eigenvalue weighted by Gasteiger charge is -2.28. The number of piperidine rings is 1. The van der Waals surface area contributed by atoms with Gasteiger partial charge in [0.25, 0.3) is 0 Å². The fourth-order valence-corrected chi connectivity index (χ4v) is 1.92. The quantitative estimate of drug-likeness (QED) is 0.637. The molecule has 1 saturated heterocycles. The maximum atomic E-state index is 10.4. The maximum Gasteiger partial charge on any atom is 0.167 e. The highest BCUT2D eigenvalue weighted by molar-refractivity contribution is 7.79. The summed E-state index contributed by atoms with van der Waals surface area (Å²) in [6, 6.07) is 0. The van der Waals surface area contributed by atoms with Crippen molar-refractivity contribution in [2.75, 3.05) is 19.0 Å². The summed E-state index contributed by atoms with van der Waals surface area (Å²) in [5.41, 5.74) is 0. The SMILES string of the molecule is CC1CCN(CS(=O)O)CC1. The molecule has 1 N–H and O–H groups in total. The van der Waals surface area contributed by atoms with Gasteiger partial charge in [-0.2, -0.15) is 0 Å². The minimum atomic E-state index is -1.65. The van der Waals surface area contributed by atoms with E-state index in [-0.39, 0.29) is 0 Å². The molecule has 0 saturated carbocycles. The molecule has 0 aromatic carbocycles. The van der Waals surface area contributed by atoms with Crippen LogP contribution in [-0.4, -0.2) is 32.6 Å². The Balaban J connectivity index is 2.22. The number of rotatable bonds is 2. The van der Waals surface area contributed by atoms with Gasteiger partial charge in [-0.25, -0.2) is 4.21 Å². The van der Waals surface area contributed by atoms with Crippen molar-refractivity contribution in [2.24, 2.45) is 5.92 Å². The normalized spacial score (nSPS) is 25.3. The van der Waals surface area contributed by atoms with Crippen LogP contribution < -0.4 is 0 Å². The molecule has 1 rings (SSSR count). The summed E-state index contributed by atoms with van der Waals surface area (Å²) in [6.45, 7) is 4.19. The Bertz CT molecular complexity index is 143. The van der Waals surface area contributed by atoms with Crippen LogP contribution in [-0.2, 0) is 11.1 Å². The van der Waals surface area contributed by atoms with Gasteiger partial charge in [-0.05, 0) is 31.8 Å². The minimum Gasteiger partial charge on any atom is -0.305 e. The molecular weight excluding hydrogens is 162 g/mol. The van der Waals surface area contributed by atoms with Crippen LogP contribution in [0.3, 0.4) is 0 Å². The van der Waals surface area contributed by atoms with E-state index in [2.05, 4.69) is 11.8 Å². The Morgan fingerprint density at radius 2 is 2.09 bits per heavy atom. The zero-order valence-electron chi connectivity index (χ0n) is 6.82. The van der Waals surface area contributed by atoms with E-state index in [0.717, 1.165) is 31.8 Å². The van der Waals surface area contributed by atoms with E-state index in [9.17, 15) is 4.21 Å². The Hall–Kier alpha value is 0.0700. The highest BCUT2D eigenvalue weighted by Crippen LogP contribution is 2.15. The molecule has 0 amide bonds. The van der Waals surface area contributed by atoms with Crippen molar-refractivity contribution in [3.05, 3.63) is 0 Å². The zero-order valence-corrected chi connectivity index (χ0v) is 7.64. The van der Waals surface area contributed by atoms with E-state index >= 15 is 0 Å². The Morgan fingerprint density at radius 3 is 2.55 bits per heavy atom. The Labute approximate surface area is 70.1 Å². The van der Waals surface area contributed by atoms with Gasteiger partial charge in [-0.1, -0.05) is 6.92 Å². The molecule has 1 aliphatic rings. The number of likely N-dealkylation sites (tertiary alicyclic amines) is 1. The lowest BCUT2D eigenvalue weighted by molar-refractivity contribution is 0.217. The van der Waals surface area contributed by atoms with E-state index in [4.69, 9.17) is 4.55 Å². The minimum absolute atomic E-state index is 0.326.